The molecule has 190 valence electrons. The lowest BCUT2D eigenvalue weighted by molar-refractivity contribution is 0.0992. The Morgan fingerprint density at radius 2 is 1.89 bits per heavy atom. The fourth-order valence-corrected chi connectivity index (χ4v) is 7.33. The largest absolute Gasteiger partial charge is 0.506 e. The molecule has 2 fully saturated rings. The van der Waals surface area contributed by atoms with Gasteiger partial charge >= 0.3 is 10.2 Å². The maximum absolute atomic E-state index is 14.3. The summed E-state index contributed by atoms with van der Waals surface area (Å²) in [6, 6.07) is 13.7. The zero-order chi connectivity index (χ0) is 25.7. The van der Waals surface area contributed by atoms with Gasteiger partial charge in [-0.25, -0.2) is 8.78 Å². The van der Waals surface area contributed by atoms with Gasteiger partial charge in [-0.05, 0) is 50.1 Å². The zero-order valence-corrected chi connectivity index (χ0v) is 20.9. The van der Waals surface area contributed by atoms with E-state index in [0.29, 0.717) is 55.0 Å². The number of anilines is 1. The highest BCUT2D eigenvalue weighted by Gasteiger charge is 2.55. The summed E-state index contributed by atoms with van der Waals surface area (Å²) >= 11 is 0. The van der Waals surface area contributed by atoms with Crippen molar-refractivity contribution in [3.63, 3.8) is 0 Å². The fourth-order valence-electron chi connectivity index (χ4n) is 5.55. The third-order valence-electron chi connectivity index (χ3n) is 7.25. The molecule has 3 aromatic rings. The van der Waals surface area contributed by atoms with Gasteiger partial charge in [0.15, 0.2) is 0 Å². The maximum Gasteiger partial charge on any atom is 0.304 e. The summed E-state index contributed by atoms with van der Waals surface area (Å²) in [5.41, 5.74) is 0.980. The Hall–Kier alpha value is -3.08. The summed E-state index contributed by atoms with van der Waals surface area (Å²) in [4.78, 5) is 6.55. The van der Waals surface area contributed by atoms with Gasteiger partial charge in [-0.2, -0.15) is 12.7 Å². The molecule has 2 aliphatic rings. The van der Waals surface area contributed by atoms with Crippen molar-refractivity contribution >= 4 is 15.9 Å². The molecule has 0 amide bonds. The molecule has 0 unspecified atom stereocenters. The van der Waals surface area contributed by atoms with E-state index in [1.165, 1.54) is 39.1 Å². The first-order valence-electron chi connectivity index (χ1n) is 11.8. The van der Waals surface area contributed by atoms with Gasteiger partial charge in [0.25, 0.3) is 0 Å². The summed E-state index contributed by atoms with van der Waals surface area (Å²) in [5.74, 6) is -1.01. The molecule has 2 aliphatic heterocycles. The lowest BCUT2D eigenvalue weighted by Gasteiger charge is -2.47. The quantitative estimate of drug-likeness (QED) is 0.566. The van der Waals surface area contributed by atoms with E-state index in [2.05, 4.69) is 9.88 Å². The monoisotopic (exact) mass is 514 g/mol. The SMILES string of the molecule is C[C@H]1C[C@]2(CCN1Cc1cc(-c3ccccc3F)c(O)cn1)CN(C)S(=O)(=O)N2c1cccc(F)c1. The van der Waals surface area contributed by atoms with Crippen LogP contribution in [0.25, 0.3) is 11.1 Å². The van der Waals surface area contributed by atoms with Crippen molar-refractivity contribution in [3.05, 3.63) is 78.1 Å². The Balaban J connectivity index is 1.40. The molecule has 2 aromatic carbocycles. The highest BCUT2D eigenvalue weighted by Crippen LogP contribution is 2.44. The lowest BCUT2D eigenvalue weighted by Crippen LogP contribution is -2.57. The Labute approximate surface area is 209 Å². The zero-order valence-electron chi connectivity index (χ0n) is 20.1. The third kappa shape index (κ3) is 4.23. The van der Waals surface area contributed by atoms with Gasteiger partial charge < -0.3 is 5.11 Å². The van der Waals surface area contributed by atoms with Crippen molar-refractivity contribution in [2.24, 2.45) is 0 Å². The third-order valence-corrected chi connectivity index (χ3v) is 9.22. The predicted octanol–water partition coefficient (Wildman–Crippen LogP) is 4.15. The molecule has 2 atom stereocenters. The van der Waals surface area contributed by atoms with Crippen molar-refractivity contribution < 1.29 is 22.3 Å². The van der Waals surface area contributed by atoms with Crippen molar-refractivity contribution in [3.8, 4) is 16.9 Å². The van der Waals surface area contributed by atoms with Crippen LogP contribution in [0.3, 0.4) is 0 Å². The molecule has 10 heteroatoms. The fraction of sp³-hybridized carbons (Fsp3) is 0.346. The minimum absolute atomic E-state index is 0.0102. The van der Waals surface area contributed by atoms with Gasteiger partial charge in [0.05, 0.1) is 23.1 Å². The van der Waals surface area contributed by atoms with Crippen molar-refractivity contribution in [1.82, 2.24) is 14.2 Å². The molecule has 0 saturated carbocycles. The molecule has 0 aliphatic carbocycles. The molecule has 1 N–H and O–H groups in total. The van der Waals surface area contributed by atoms with E-state index in [1.807, 2.05) is 6.92 Å². The van der Waals surface area contributed by atoms with Crippen LogP contribution in [0.4, 0.5) is 14.5 Å². The van der Waals surface area contributed by atoms with Crippen LogP contribution in [0.1, 0.15) is 25.5 Å². The van der Waals surface area contributed by atoms with Gasteiger partial charge in [0, 0.05) is 43.9 Å². The highest BCUT2D eigenvalue weighted by atomic mass is 32.2. The van der Waals surface area contributed by atoms with Crippen LogP contribution in [0.15, 0.2) is 60.8 Å². The van der Waals surface area contributed by atoms with Crippen LogP contribution in [0.5, 0.6) is 5.75 Å². The summed E-state index contributed by atoms with van der Waals surface area (Å²) in [6.07, 6.45) is 2.43. The first-order chi connectivity index (χ1) is 17.1. The van der Waals surface area contributed by atoms with Crippen LogP contribution >= 0.6 is 0 Å². The first-order valence-corrected chi connectivity index (χ1v) is 13.2. The molecule has 7 nitrogen and oxygen atoms in total. The molecule has 2 saturated heterocycles. The number of aromatic hydroxyl groups is 1. The molecular weight excluding hydrogens is 486 g/mol. The topological polar surface area (TPSA) is 77.0 Å². The second-order valence-electron chi connectivity index (χ2n) is 9.68. The highest BCUT2D eigenvalue weighted by molar-refractivity contribution is 7.90. The van der Waals surface area contributed by atoms with Gasteiger partial charge in [-0.1, -0.05) is 24.3 Å². The first kappa shape index (κ1) is 24.6. The second-order valence-corrected chi connectivity index (χ2v) is 11.6. The molecule has 1 aromatic heterocycles. The Bertz CT molecular complexity index is 1400. The van der Waals surface area contributed by atoms with Gasteiger partial charge in [0.2, 0.25) is 0 Å². The number of likely N-dealkylation sites (tertiary alicyclic amines) is 1. The van der Waals surface area contributed by atoms with Crippen molar-refractivity contribution in [1.29, 1.82) is 0 Å². The molecule has 3 heterocycles. The average Bonchev–Trinajstić information content (AvgIpc) is 3.01. The number of hydrogen-bond donors (Lipinski definition) is 1. The minimum atomic E-state index is -3.78. The van der Waals surface area contributed by atoms with E-state index in [4.69, 9.17) is 0 Å². The number of pyridine rings is 1. The predicted molar refractivity (Wildman–Crippen MR) is 134 cm³/mol. The summed E-state index contributed by atoms with van der Waals surface area (Å²) in [6.45, 7) is 3.40. The molecular formula is C26H28F2N4O3S. The van der Waals surface area contributed by atoms with E-state index in [0.717, 1.165) is 0 Å². The van der Waals surface area contributed by atoms with Crippen molar-refractivity contribution in [2.75, 3.05) is 24.4 Å². The van der Waals surface area contributed by atoms with Crippen LogP contribution in [-0.2, 0) is 16.8 Å². The number of likely N-dealkylation sites (N-methyl/N-ethyl adjacent to an activating group) is 1. The Morgan fingerprint density at radius 1 is 1.11 bits per heavy atom. The normalized spacial score (nSPS) is 24.4. The van der Waals surface area contributed by atoms with Crippen molar-refractivity contribution in [2.45, 2.75) is 37.9 Å². The van der Waals surface area contributed by atoms with E-state index >= 15 is 0 Å². The number of piperidine rings is 1. The summed E-state index contributed by atoms with van der Waals surface area (Å²) < 4.78 is 57.6. The molecule has 1 spiro atoms. The number of rotatable bonds is 4. The summed E-state index contributed by atoms with van der Waals surface area (Å²) in [7, 11) is -2.23. The number of benzene rings is 2. The number of hydrogen-bond acceptors (Lipinski definition) is 5. The number of aromatic nitrogens is 1. The minimum Gasteiger partial charge on any atom is -0.506 e. The van der Waals surface area contributed by atoms with E-state index in [9.17, 15) is 22.3 Å². The lowest BCUT2D eigenvalue weighted by atomic mass is 9.82. The van der Waals surface area contributed by atoms with Gasteiger partial charge in [-0.15, -0.1) is 0 Å². The Kier molecular flexibility index (Phi) is 6.22. The molecule has 0 radical (unpaired) electrons. The number of nitrogens with zero attached hydrogens (tertiary/aromatic N) is 4. The smallest absolute Gasteiger partial charge is 0.304 e. The van der Waals surface area contributed by atoms with E-state index in [1.54, 1.807) is 37.4 Å². The van der Waals surface area contributed by atoms with E-state index < -0.39 is 27.4 Å². The molecule has 36 heavy (non-hydrogen) atoms. The summed E-state index contributed by atoms with van der Waals surface area (Å²) in [5, 5.41) is 10.3. The van der Waals surface area contributed by atoms with Crippen LogP contribution < -0.4 is 4.31 Å². The van der Waals surface area contributed by atoms with Crippen LogP contribution in [0.2, 0.25) is 0 Å². The standard InChI is InChI=1S/C26H28F2N4O3S/c1-18-14-26(17-30(2)36(34,35)32(26)21-7-5-6-19(27)12-21)10-11-31(18)16-20-13-23(25(33)15-29-20)22-8-3-4-9-24(22)28/h3-9,12-13,15,18,33H,10-11,14,16-17H2,1-2H3/t18-,26+/m0/s1. The van der Waals surface area contributed by atoms with Gasteiger partial charge in [-0.3, -0.25) is 14.2 Å². The average molecular weight is 515 g/mol. The van der Waals surface area contributed by atoms with Crippen LogP contribution in [-0.4, -0.2) is 59.4 Å². The molecule has 5 rings (SSSR count). The van der Waals surface area contributed by atoms with E-state index in [-0.39, 0.29) is 11.8 Å². The van der Waals surface area contributed by atoms with Crippen LogP contribution in [0, 0.1) is 11.6 Å². The molecule has 0 bridgehead atoms. The Morgan fingerprint density at radius 3 is 2.61 bits per heavy atom. The maximum atomic E-state index is 14.3. The van der Waals surface area contributed by atoms with Gasteiger partial charge in [0.1, 0.15) is 17.4 Å². The second kappa shape index (κ2) is 9.10. The number of halogens is 2.